The quantitative estimate of drug-likeness (QED) is 0.614. The first kappa shape index (κ1) is 18.6. The minimum absolute atomic E-state index is 0.0171. The van der Waals surface area contributed by atoms with Crippen molar-refractivity contribution in [3.05, 3.63) is 95.3 Å². The first-order valence-electron chi connectivity index (χ1n) is 11.4. The standard InChI is InChI=1S/C27H27N3O/c31-27(29-16-17-5-4-12-28-15-17)21-10-11-23-22(14-21)24-19-8-9-20(13-19)25(24)26(30-23)18-6-2-1-3-7-18/h1-7,10-12,14-15,19-20,24-26,30H,8-9,13,16H2,(H,29,31)/t19-,20-,24+,25+,26+/m0/s1. The van der Waals surface area contributed by atoms with E-state index in [4.69, 9.17) is 0 Å². The third-order valence-electron chi connectivity index (χ3n) is 7.68. The van der Waals surface area contributed by atoms with Gasteiger partial charge in [0, 0.05) is 30.2 Å². The molecule has 3 aliphatic rings. The van der Waals surface area contributed by atoms with Crippen molar-refractivity contribution < 1.29 is 4.79 Å². The van der Waals surface area contributed by atoms with Crippen LogP contribution in [-0.2, 0) is 6.54 Å². The van der Waals surface area contributed by atoms with Gasteiger partial charge in [-0.1, -0.05) is 36.4 Å². The zero-order valence-electron chi connectivity index (χ0n) is 17.5. The second-order valence-corrected chi connectivity index (χ2v) is 9.32. The lowest BCUT2D eigenvalue weighted by molar-refractivity contribution is 0.0950. The Morgan fingerprint density at radius 2 is 1.90 bits per heavy atom. The summed E-state index contributed by atoms with van der Waals surface area (Å²) in [6, 6.07) is 21.4. The van der Waals surface area contributed by atoms with Crippen LogP contribution in [0.5, 0.6) is 0 Å². The van der Waals surface area contributed by atoms with Gasteiger partial charge in [0.05, 0.1) is 6.04 Å². The van der Waals surface area contributed by atoms with Crippen molar-refractivity contribution in [3.63, 3.8) is 0 Å². The van der Waals surface area contributed by atoms with E-state index >= 15 is 0 Å². The van der Waals surface area contributed by atoms with Gasteiger partial charge >= 0.3 is 0 Å². The van der Waals surface area contributed by atoms with Crippen molar-refractivity contribution in [2.75, 3.05) is 5.32 Å². The van der Waals surface area contributed by atoms with Crippen molar-refractivity contribution in [1.29, 1.82) is 0 Å². The molecule has 5 atom stereocenters. The Labute approximate surface area is 183 Å². The number of benzene rings is 2. The zero-order chi connectivity index (χ0) is 20.8. The van der Waals surface area contributed by atoms with Gasteiger partial charge in [0.1, 0.15) is 0 Å². The average molecular weight is 410 g/mol. The summed E-state index contributed by atoms with van der Waals surface area (Å²) in [5.74, 6) is 2.67. The number of nitrogens with one attached hydrogen (secondary N) is 2. The smallest absolute Gasteiger partial charge is 0.251 e. The molecule has 1 aliphatic heterocycles. The summed E-state index contributed by atoms with van der Waals surface area (Å²) in [4.78, 5) is 17.0. The van der Waals surface area contributed by atoms with E-state index in [1.54, 1.807) is 12.4 Å². The Kier molecular flexibility index (Phi) is 4.52. The van der Waals surface area contributed by atoms with Gasteiger partial charge in [-0.2, -0.15) is 0 Å². The monoisotopic (exact) mass is 409 g/mol. The molecule has 156 valence electrons. The Balaban J connectivity index is 1.30. The lowest BCUT2D eigenvalue weighted by Gasteiger charge is -2.43. The molecule has 0 unspecified atom stereocenters. The fourth-order valence-electron chi connectivity index (χ4n) is 6.40. The number of carbonyl (C=O) groups is 1. The van der Waals surface area contributed by atoms with E-state index in [1.165, 1.54) is 36.1 Å². The molecule has 2 fully saturated rings. The van der Waals surface area contributed by atoms with Gasteiger partial charge in [-0.05, 0) is 83.9 Å². The molecule has 2 bridgehead atoms. The van der Waals surface area contributed by atoms with Crippen LogP contribution in [0, 0.1) is 17.8 Å². The third kappa shape index (κ3) is 3.21. The van der Waals surface area contributed by atoms with Crippen molar-refractivity contribution in [1.82, 2.24) is 10.3 Å². The van der Waals surface area contributed by atoms with Crippen LogP contribution in [0.1, 0.15) is 58.3 Å². The van der Waals surface area contributed by atoms with Gasteiger partial charge in [0.25, 0.3) is 5.91 Å². The molecule has 4 heteroatoms. The number of pyridine rings is 1. The molecule has 31 heavy (non-hydrogen) atoms. The van der Waals surface area contributed by atoms with Crippen molar-refractivity contribution in [3.8, 4) is 0 Å². The molecule has 1 amide bonds. The lowest BCUT2D eigenvalue weighted by Crippen LogP contribution is -2.35. The first-order chi connectivity index (χ1) is 15.3. The number of hydrogen-bond acceptors (Lipinski definition) is 3. The van der Waals surface area contributed by atoms with Gasteiger partial charge < -0.3 is 10.6 Å². The SMILES string of the molecule is O=C(NCc1cccnc1)c1ccc2c(c1)[C@H]1[C@H]3CC[C@@H](C3)[C@H]1[C@@H](c1ccccc1)N2. The van der Waals surface area contributed by atoms with E-state index in [0.717, 1.165) is 23.0 Å². The number of amides is 1. The Morgan fingerprint density at radius 3 is 2.74 bits per heavy atom. The summed E-state index contributed by atoms with van der Waals surface area (Å²) in [7, 11) is 0. The summed E-state index contributed by atoms with van der Waals surface area (Å²) in [6.45, 7) is 0.495. The Bertz CT molecular complexity index is 1100. The molecule has 2 aliphatic carbocycles. The van der Waals surface area contributed by atoms with Crippen molar-refractivity contribution >= 4 is 11.6 Å². The van der Waals surface area contributed by atoms with Crippen LogP contribution in [0.15, 0.2) is 73.1 Å². The number of aromatic nitrogens is 1. The largest absolute Gasteiger partial charge is 0.378 e. The normalized spacial score (nSPS) is 27.8. The van der Waals surface area contributed by atoms with Crippen LogP contribution in [0.3, 0.4) is 0 Å². The third-order valence-corrected chi connectivity index (χ3v) is 7.68. The maximum atomic E-state index is 12.9. The van der Waals surface area contributed by atoms with Gasteiger partial charge in [-0.25, -0.2) is 0 Å². The highest BCUT2D eigenvalue weighted by molar-refractivity contribution is 5.95. The molecule has 2 saturated carbocycles. The van der Waals surface area contributed by atoms with Gasteiger partial charge in [0.2, 0.25) is 0 Å². The Hall–Kier alpha value is -3.14. The average Bonchev–Trinajstić information content (AvgIpc) is 3.46. The number of carbonyl (C=O) groups excluding carboxylic acids is 1. The number of hydrogen-bond donors (Lipinski definition) is 2. The van der Waals surface area contributed by atoms with Gasteiger partial charge in [0.15, 0.2) is 0 Å². The van der Waals surface area contributed by atoms with E-state index in [0.29, 0.717) is 24.4 Å². The lowest BCUT2D eigenvalue weighted by atomic mass is 9.68. The van der Waals surface area contributed by atoms with E-state index in [-0.39, 0.29) is 5.91 Å². The summed E-state index contributed by atoms with van der Waals surface area (Å²) in [5, 5.41) is 6.90. The summed E-state index contributed by atoms with van der Waals surface area (Å²) >= 11 is 0. The molecule has 4 nitrogen and oxygen atoms in total. The highest BCUT2D eigenvalue weighted by Crippen LogP contribution is 2.63. The molecule has 2 N–H and O–H groups in total. The van der Waals surface area contributed by atoms with Crippen LogP contribution >= 0.6 is 0 Å². The molecule has 0 saturated heterocycles. The fraction of sp³-hybridized carbons (Fsp3) is 0.333. The van der Waals surface area contributed by atoms with Crippen LogP contribution in [-0.4, -0.2) is 10.9 Å². The fourth-order valence-corrected chi connectivity index (χ4v) is 6.40. The second-order valence-electron chi connectivity index (χ2n) is 9.32. The van der Waals surface area contributed by atoms with Crippen LogP contribution in [0.2, 0.25) is 0 Å². The highest BCUT2D eigenvalue weighted by atomic mass is 16.1. The predicted octanol–water partition coefficient (Wildman–Crippen LogP) is 5.31. The van der Waals surface area contributed by atoms with E-state index in [9.17, 15) is 4.79 Å². The van der Waals surface area contributed by atoms with E-state index in [2.05, 4.69) is 58.1 Å². The van der Waals surface area contributed by atoms with Crippen molar-refractivity contribution in [2.45, 2.75) is 37.8 Å². The maximum absolute atomic E-state index is 12.9. The topological polar surface area (TPSA) is 54.0 Å². The van der Waals surface area contributed by atoms with Crippen LogP contribution in [0.4, 0.5) is 5.69 Å². The number of anilines is 1. The second kappa shape index (κ2) is 7.52. The minimum Gasteiger partial charge on any atom is -0.378 e. The van der Waals surface area contributed by atoms with Gasteiger partial charge in [-0.15, -0.1) is 0 Å². The number of nitrogens with zero attached hydrogens (tertiary/aromatic N) is 1. The molecule has 6 rings (SSSR count). The molecular formula is C27H27N3O. The van der Waals surface area contributed by atoms with Gasteiger partial charge in [-0.3, -0.25) is 9.78 Å². The zero-order valence-corrected chi connectivity index (χ0v) is 17.5. The number of fused-ring (bicyclic) bond motifs is 7. The first-order valence-corrected chi connectivity index (χ1v) is 11.4. The molecular weight excluding hydrogens is 382 g/mol. The summed E-state index contributed by atoms with van der Waals surface area (Å²) in [6.07, 6.45) is 7.54. The van der Waals surface area contributed by atoms with Crippen molar-refractivity contribution in [2.24, 2.45) is 17.8 Å². The minimum atomic E-state index is -0.0171. The molecule has 1 aromatic heterocycles. The number of rotatable bonds is 4. The Morgan fingerprint density at radius 1 is 1.03 bits per heavy atom. The molecule has 2 heterocycles. The molecule has 0 radical (unpaired) electrons. The van der Waals surface area contributed by atoms with E-state index in [1.807, 2.05) is 18.2 Å². The van der Waals surface area contributed by atoms with Crippen LogP contribution in [0.25, 0.3) is 0 Å². The highest BCUT2D eigenvalue weighted by Gasteiger charge is 2.53. The predicted molar refractivity (Wildman–Crippen MR) is 122 cm³/mol. The summed E-state index contributed by atoms with van der Waals surface area (Å²) in [5.41, 5.74) is 5.69. The maximum Gasteiger partial charge on any atom is 0.251 e. The molecule has 3 aromatic rings. The summed E-state index contributed by atoms with van der Waals surface area (Å²) < 4.78 is 0. The van der Waals surface area contributed by atoms with E-state index < -0.39 is 0 Å². The molecule has 0 spiro atoms. The van der Waals surface area contributed by atoms with Crippen LogP contribution < -0.4 is 10.6 Å². The molecule has 2 aromatic carbocycles.